The van der Waals surface area contributed by atoms with Crippen molar-refractivity contribution >= 4 is 28.2 Å². The van der Waals surface area contributed by atoms with Crippen molar-refractivity contribution in [1.29, 1.82) is 0 Å². The van der Waals surface area contributed by atoms with E-state index in [-0.39, 0.29) is 11.7 Å². The molecule has 1 saturated heterocycles. The standard InChI is InChI=1S/C14H14N4O4S/c19-14(17-4-6-22-7-5-17)16-13-15-12(9-23-13)10-2-1-3-11(8-10)18(20)21/h1-3,8-9H,4-7H2,(H,15,16,19). The SMILES string of the molecule is O=C(Nc1nc(-c2cccc([N+](=O)[O-])c2)cs1)N1CCOCC1. The van der Waals surface area contributed by atoms with E-state index in [1.165, 1.54) is 23.5 Å². The largest absolute Gasteiger partial charge is 0.378 e. The molecule has 0 aliphatic carbocycles. The number of carbonyl (C=O) groups is 1. The van der Waals surface area contributed by atoms with Crippen molar-refractivity contribution < 1.29 is 14.5 Å². The minimum absolute atomic E-state index is 0.00871. The van der Waals surface area contributed by atoms with Gasteiger partial charge in [-0.15, -0.1) is 11.3 Å². The third kappa shape index (κ3) is 3.63. The fourth-order valence-electron chi connectivity index (χ4n) is 2.18. The van der Waals surface area contributed by atoms with E-state index in [0.29, 0.717) is 42.7 Å². The number of nitro groups is 1. The number of non-ortho nitro benzene ring substituents is 1. The van der Waals surface area contributed by atoms with Gasteiger partial charge in [0.25, 0.3) is 5.69 Å². The summed E-state index contributed by atoms with van der Waals surface area (Å²) in [5, 5.41) is 15.8. The number of carbonyl (C=O) groups excluding carboxylic acids is 1. The number of aromatic nitrogens is 1. The van der Waals surface area contributed by atoms with Crippen LogP contribution in [0.4, 0.5) is 15.6 Å². The normalized spacial score (nSPS) is 14.5. The molecule has 3 rings (SSSR count). The van der Waals surface area contributed by atoms with Crippen LogP contribution in [-0.2, 0) is 4.74 Å². The number of ether oxygens (including phenoxy) is 1. The van der Waals surface area contributed by atoms with Gasteiger partial charge in [-0.2, -0.15) is 0 Å². The van der Waals surface area contributed by atoms with E-state index in [1.807, 2.05) is 0 Å². The summed E-state index contributed by atoms with van der Waals surface area (Å²) in [5.74, 6) is 0. The molecule has 8 nitrogen and oxygen atoms in total. The molecule has 0 atom stereocenters. The van der Waals surface area contributed by atoms with Crippen LogP contribution in [0.5, 0.6) is 0 Å². The molecule has 1 N–H and O–H groups in total. The van der Waals surface area contributed by atoms with Gasteiger partial charge in [-0.3, -0.25) is 15.4 Å². The van der Waals surface area contributed by atoms with Crippen LogP contribution in [0.25, 0.3) is 11.3 Å². The lowest BCUT2D eigenvalue weighted by Crippen LogP contribution is -2.43. The summed E-state index contributed by atoms with van der Waals surface area (Å²) in [5.41, 5.74) is 1.24. The van der Waals surface area contributed by atoms with Gasteiger partial charge in [-0.1, -0.05) is 12.1 Å². The van der Waals surface area contributed by atoms with E-state index in [9.17, 15) is 14.9 Å². The van der Waals surface area contributed by atoms with Crippen LogP contribution in [0.3, 0.4) is 0 Å². The van der Waals surface area contributed by atoms with Gasteiger partial charge in [-0.05, 0) is 0 Å². The molecule has 1 fully saturated rings. The highest BCUT2D eigenvalue weighted by Crippen LogP contribution is 2.27. The fraction of sp³-hybridized carbons (Fsp3) is 0.286. The van der Waals surface area contributed by atoms with Crippen LogP contribution in [0.15, 0.2) is 29.6 Å². The highest BCUT2D eigenvalue weighted by Gasteiger charge is 2.18. The number of nitrogens with one attached hydrogen (secondary N) is 1. The third-order valence-corrected chi connectivity index (χ3v) is 4.13. The lowest BCUT2D eigenvalue weighted by Gasteiger charge is -2.26. The minimum atomic E-state index is -0.447. The first-order valence-corrected chi connectivity index (χ1v) is 7.85. The molecule has 1 aliphatic heterocycles. The van der Waals surface area contributed by atoms with Crippen molar-refractivity contribution in [2.24, 2.45) is 0 Å². The van der Waals surface area contributed by atoms with E-state index < -0.39 is 4.92 Å². The molecule has 2 heterocycles. The Morgan fingerprint density at radius 3 is 2.91 bits per heavy atom. The zero-order valence-corrected chi connectivity index (χ0v) is 12.9. The monoisotopic (exact) mass is 334 g/mol. The van der Waals surface area contributed by atoms with Crippen LogP contribution in [-0.4, -0.2) is 47.1 Å². The molecule has 0 unspecified atom stereocenters. The highest BCUT2D eigenvalue weighted by molar-refractivity contribution is 7.14. The Hall–Kier alpha value is -2.52. The number of urea groups is 1. The third-order valence-electron chi connectivity index (χ3n) is 3.37. The van der Waals surface area contributed by atoms with E-state index in [2.05, 4.69) is 10.3 Å². The maximum Gasteiger partial charge on any atom is 0.323 e. The molecule has 0 radical (unpaired) electrons. The average molecular weight is 334 g/mol. The molecule has 23 heavy (non-hydrogen) atoms. The van der Waals surface area contributed by atoms with Gasteiger partial charge < -0.3 is 9.64 Å². The van der Waals surface area contributed by atoms with Gasteiger partial charge in [0.2, 0.25) is 0 Å². The van der Waals surface area contributed by atoms with Crippen LogP contribution in [0, 0.1) is 10.1 Å². The maximum absolute atomic E-state index is 12.1. The summed E-state index contributed by atoms with van der Waals surface area (Å²) in [6, 6.07) is 6.03. The summed E-state index contributed by atoms with van der Waals surface area (Å²) in [7, 11) is 0. The summed E-state index contributed by atoms with van der Waals surface area (Å²) in [4.78, 5) is 28.5. The van der Waals surface area contributed by atoms with E-state index in [0.717, 1.165) is 0 Å². The highest BCUT2D eigenvalue weighted by atomic mass is 32.1. The number of amides is 2. The Bertz CT molecular complexity index is 727. The molecule has 2 aromatic rings. The maximum atomic E-state index is 12.1. The van der Waals surface area contributed by atoms with Crippen molar-refractivity contribution in [1.82, 2.24) is 9.88 Å². The number of morpholine rings is 1. The second-order valence-electron chi connectivity index (χ2n) is 4.87. The Balaban J connectivity index is 1.71. The van der Waals surface area contributed by atoms with Crippen molar-refractivity contribution in [2.45, 2.75) is 0 Å². The van der Waals surface area contributed by atoms with Crippen molar-refractivity contribution in [3.8, 4) is 11.3 Å². The first-order valence-electron chi connectivity index (χ1n) is 6.97. The molecule has 2 amide bonds. The number of thiazole rings is 1. The first-order chi connectivity index (χ1) is 11.1. The Morgan fingerprint density at radius 1 is 1.39 bits per heavy atom. The van der Waals surface area contributed by atoms with Gasteiger partial charge in [0.1, 0.15) is 0 Å². The van der Waals surface area contributed by atoms with Gasteiger partial charge in [0, 0.05) is 36.2 Å². The van der Waals surface area contributed by atoms with E-state index >= 15 is 0 Å². The van der Waals surface area contributed by atoms with Crippen LogP contribution in [0.2, 0.25) is 0 Å². The smallest absolute Gasteiger partial charge is 0.323 e. The number of nitrogens with zero attached hydrogens (tertiary/aromatic N) is 3. The average Bonchev–Trinajstić information content (AvgIpc) is 3.04. The number of nitro benzene ring substituents is 1. The number of benzene rings is 1. The minimum Gasteiger partial charge on any atom is -0.378 e. The predicted molar refractivity (Wildman–Crippen MR) is 85.6 cm³/mol. The van der Waals surface area contributed by atoms with Crippen LogP contribution < -0.4 is 5.32 Å². The molecular weight excluding hydrogens is 320 g/mol. The molecule has 0 spiro atoms. The van der Waals surface area contributed by atoms with Crippen molar-refractivity contribution in [3.05, 3.63) is 39.8 Å². The number of hydrogen-bond donors (Lipinski definition) is 1. The molecule has 0 bridgehead atoms. The molecule has 1 aliphatic rings. The van der Waals surface area contributed by atoms with E-state index in [1.54, 1.807) is 22.4 Å². The first kappa shape index (κ1) is 15.4. The second-order valence-corrected chi connectivity index (χ2v) is 5.73. The Kier molecular flexibility index (Phi) is 4.49. The number of anilines is 1. The predicted octanol–water partition coefficient (Wildman–Crippen LogP) is 2.58. The van der Waals surface area contributed by atoms with Gasteiger partial charge in [-0.25, -0.2) is 9.78 Å². The molecule has 1 aromatic carbocycles. The van der Waals surface area contributed by atoms with Gasteiger partial charge in [0.15, 0.2) is 5.13 Å². The van der Waals surface area contributed by atoms with Crippen molar-refractivity contribution in [2.75, 3.05) is 31.6 Å². The quantitative estimate of drug-likeness (QED) is 0.687. The van der Waals surface area contributed by atoms with Crippen molar-refractivity contribution in [3.63, 3.8) is 0 Å². The lowest BCUT2D eigenvalue weighted by atomic mass is 10.1. The zero-order chi connectivity index (χ0) is 16.2. The van der Waals surface area contributed by atoms with Crippen LogP contribution >= 0.6 is 11.3 Å². The van der Waals surface area contributed by atoms with Gasteiger partial charge in [0.05, 0.1) is 23.8 Å². The summed E-state index contributed by atoms with van der Waals surface area (Å²) in [6.07, 6.45) is 0. The molecular formula is C14H14N4O4S. The summed E-state index contributed by atoms with van der Waals surface area (Å²) >= 11 is 1.28. The lowest BCUT2D eigenvalue weighted by molar-refractivity contribution is -0.384. The molecule has 9 heteroatoms. The number of hydrogen-bond acceptors (Lipinski definition) is 6. The van der Waals surface area contributed by atoms with Gasteiger partial charge >= 0.3 is 6.03 Å². The summed E-state index contributed by atoms with van der Waals surface area (Å²) in [6.45, 7) is 2.17. The zero-order valence-electron chi connectivity index (χ0n) is 12.1. The fourth-order valence-corrected chi connectivity index (χ4v) is 2.89. The topological polar surface area (TPSA) is 97.6 Å². The Morgan fingerprint density at radius 2 is 2.17 bits per heavy atom. The number of rotatable bonds is 3. The van der Waals surface area contributed by atoms with Crippen LogP contribution in [0.1, 0.15) is 0 Å². The Labute approximate surface area is 135 Å². The molecule has 1 aromatic heterocycles. The second kappa shape index (κ2) is 6.71. The van der Waals surface area contributed by atoms with E-state index in [4.69, 9.17) is 4.74 Å². The molecule has 120 valence electrons. The summed E-state index contributed by atoms with van der Waals surface area (Å²) < 4.78 is 5.20. The molecule has 0 saturated carbocycles.